The lowest BCUT2D eigenvalue weighted by Gasteiger charge is -2.16. The smallest absolute Gasteiger partial charge is 0.240 e. The zero-order valence-electron chi connectivity index (χ0n) is 13.0. The van der Waals surface area contributed by atoms with Gasteiger partial charge in [-0.15, -0.1) is 0 Å². The molecule has 0 unspecified atom stereocenters. The Morgan fingerprint density at radius 2 is 1.56 bits per heavy atom. The first-order chi connectivity index (χ1) is 12.0. The number of hydrogen-bond donors (Lipinski definition) is 2. The van der Waals surface area contributed by atoms with Gasteiger partial charge in [0.05, 0.1) is 27.0 Å². The van der Waals surface area contributed by atoms with E-state index < -0.39 is 17.2 Å². The van der Waals surface area contributed by atoms with Crippen LogP contribution in [0.3, 0.4) is 0 Å². The summed E-state index contributed by atoms with van der Waals surface area (Å²) < 4.78 is 0. The predicted octanol–water partition coefficient (Wildman–Crippen LogP) is 4.22. The van der Waals surface area contributed by atoms with E-state index in [4.69, 9.17) is 28.5 Å². The van der Waals surface area contributed by atoms with Gasteiger partial charge in [-0.3, -0.25) is 9.59 Å². The van der Waals surface area contributed by atoms with Crippen molar-refractivity contribution in [2.75, 3.05) is 10.6 Å². The molecule has 0 atom stereocenters. The quantitative estimate of drug-likeness (QED) is 0.786. The molecule has 7 heteroatoms. The number of benzene rings is 2. The van der Waals surface area contributed by atoms with Crippen LogP contribution >= 0.6 is 23.2 Å². The van der Waals surface area contributed by atoms with Gasteiger partial charge in [-0.25, -0.2) is 0 Å². The standard InChI is InChI=1S/C18H13Cl2N3O2/c19-12-5-3-7-14(15(12)20)23-17(25)18(8-9-18)16(24)22-13-6-2-1-4-11(13)10-21/h1-7H,8-9H2,(H,22,24)(H,23,25). The lowest BCUT2D eigenvalue weighted by Crippen LogP contribution is -2.35. The molecular weight excluding hydrogens is 361 g/mol. The van der Waals surface area contributed by atoms with Crippen LogP contribution in [-0.2, 0) is 9.59 Å². The van der Waals surface area contributed by atoms with Crippen molar-refractivity contribution >= 4 is 46.4 Å². The average Bonchev–Trinajstić information content (AvgIpc) is 3.41. The van der Waals surface area contributed by atoms with Crippen LogP contribution in [0.1, 0.15) is 18.4 Å². The molecule has 2 N–H and O–H groups in total. The van der Waals surface area contributed by atoms with Crippen LogP contribution in [0.15, 0.2) is 42.5 Å². The van der Waals surface area contributed by atoms with E-state index in [1.807, 2.05) is 6.07 Å². The highest BCUT2D eigenvalue weighted by Crippen LogP contribution is 2.48. The number of carbonyl (C=O) groups is 2. The van der Waals surface area contributed by atoms with Crippen molar-refractivity contribution in [3.63, 3.8) is 0 Å². The number of para-hydroxylation sites is 1. The largest absolute Gasteiger partial charge is 0.324 e. The Labute approximate surface area is 154 Å². The Balaban J connectivity index is 1.77. The summed E-state index contributed by atoms with van der Waals surface area (Å²) in [4.78, 5) is 25.2. The number of nitrogens with zero attached hydrogens (tertiary/aromatic N) is 1. The van der Waals surface area contributed by atoms with Crippen LogP contribution in [0.4, 0.5) is 11.4 Å². The summed E-state index contributed by atoms with van der Waals surface area (Å²) in [5.41, 5.74) is -0.0794. The van der Waals surface area contributed by atoms with Gasteiger partial charge in [0, 0.05) is 0 Å². The Bertz CT molecular complexity index is 901. The number of nitriles is 1. The fraction of sp³-hybridized carbons (Fsp3) is 0.167. The summed E-state index contributed by atoms with van der Waals surface area (Å²) in [6.07, 6.45) is 0.856. The van der Waals surface area contributed by atoms with Crippen LogP contribution in [0.5, 0.6) is 0 Å². The molecule has 1 saturated carbocycles. The average molecular weight is 374 g/mol. The topological polar surface area (TPSA) is 82.0 Å². The van der Waals surface area contributed by atoms with Gasteiger partial charge in [0.2, 0.25) is 11.8 Å². The third kappa shape index (κ3) is 3.32. The summed E-state index contributed by atoms with van der Waals surface area (Å²) in [6, 6.07) is 13.5. The number of halogens is 2. The maximum atomic E-state index is 12.6. The highest BCUT2D eigenvalue weighted by Gasteiger charge is 2.56. The number of nitrogens with one attached hydrogen (secondary N) is 2. The van der Waals surface area contributed by atoms with Crippen molar-refractivity contribution in [3.05, 3.63) is 58.1 Å². The Morgan fingerprint density at radius 3 is 2.20 bits per heavy atom. The molecule has 1 fully saturated rings. The second-order valence-electron chi connectivity index (χ2n) is 5.75. The molecule has 0 heterocycles. The molecule has 2 aromatic rings. The van der Waals surface area contributed by atoms with E-state index in [-0.39, 0.29) is 5.02 Å². The van der Waals surface area contributed by atoms with Gasteiger partial charge in [0.25, 0.3) is 0 Å². The van der Waals surface area contributed by atoms with Gasteiger partial charge in [0.15, 0.2) is 0 Å². The summed E-state index contributed by atoms with van der Waals surface area (Å²) in [5, 5.41) is 15.0. The molecule has 0 spiro atoms. The molecule has 0 aliphatic heterocycles. The van der Waals surface area contributed by atoms with Gasteiger partial charge >= 0.3 is 0 Å². The van der Waals surface area contributed by atoms with E-state index in [1.165, 1.54) is 0 Å². The Kier molecular flexibility index (Phi) is 4.67. The summed E-state index contributed by atoms with van der Waals surface area (Å²) in [7, 11) is 0. The van der Waals surface area contributed by atoms with Crippen LogP contribution < -0.4 is 10.6 Å². The molecule has 0 saturated heterocycles. The molecule has 0 bridgehead atoms. The maximum Gasteiger partial charge on any atom is 0.240 e. The number of carbonyl (C=O) groups excluding carboxylic acids is 2. The van der Waals surface area contributed by atoms with Crippen LogP contribution in [0, 0.1) is 16.7 Å². The van der Waals surface area contributed by atoms with Crippen molar-refractivity contribution in [1.82, 2.24) is 0 Å². The second-order valence-corrected chi connectivity index (χ2v) is 6.53. The minimum absolute atomic E-state index is 0.226. The van der Waals surface area contributed by atoms with Crippen molar-refractivity contribution < 1.29 is 9.59 Å². The zero-order chi connectivity index (χ0) is 18.0. The van der Waals surface area contributed by atoms with E-state index in [0.717, 1.165) is 0 Å². The normalized spacial score (nSPS) is 14.3. The van der Waals surface area contributed by atoms with E-state index in [2.05, 4.69) is 10.6 Å². The SMILES string of the molecule is N#Cc1ccccc1NC(=O)C1(C(=O)Nc2cccc(Cl)c2Cl)CC1. The molecule has 2 aromatic carbocycles. The Hall–Kier alpha value is -2.55. The van der Waals surface area contributed by atoms with E-state index in [1.54, 1.807) is 42.5 Å². The first-order valence-electron chi connectivity index (χ1n) is 7.54. The molecule has 25 heavy (non-hydrogen) atoms. The first-order valence-corrected chi connectivity index (χ1v) is 8.29. The molecular formula is C18H13Cl2N3O2. The molecule has 0 aromatic heterocycles. The lowest BCUT2D eigenvalue weighted by atomic mass is 10.0. The Morgan fingerprint density at radius 1 is 0.960 bits per heavy atom. The van der Waals surface area contributed by atoms with Crippen LogP contribution in [0.2, 0.25) is 10.0 Å². The minimum atomic E-state index is -1.16. The molecule has 2 amide bonds. The third-order valence-corrected chi connectivity index (χ3v) is 4.93. The summed E-state index contributed by atoms with van der Waals surface area (Å²) in [6.45, 7) is 0. The van der Waals surface area contributed by atoms with Gasteiger partial charge in [-0.2, -0.15) is 5.26 Å². The van der Waals surface area contributed by atoms with Crippen molar-refractivity contribution in [3.8, 4) is 6.07 Å². The number of anilines is 2. The van der Waals surface area contributed by atoms with E-state index in [0.29, 0.717) is 34.8 Å². The van der Waals surface area contributed by atoms with Crippen LogP contribution in [-0.4, -0.2) is 11.8 Å². The zero-order valence-corrected chi connectivity index (χ0v) is 14.5. The number of amides is 2. The molecule has 5 nitrogen and oxygen atoms in total. The van der Waals surface area contributed by atoms with Gasteiger partial charge in [-0.1, -0.05) is 41.4 Å². The molecule has 1 aliphatic rings. The van der Waals surface area contributed by atoms with Gasteiger partial charge < -0.3 is 10.6 Å². The first kappa shape index (κ1) is 17.3. The maximum absolute atomic E-state index is 12.6. The summed E-state index contributed by atoms with van der Waals surface area (Å²) in [5.74, 6) is -0.880. The highest BCUT2D eigenvalue weighted by molar-refractivity contribution is 6.44. The fourth-order valence-electron chi connectivity index (χ4n) is 2.46. The highest BCUT2D eigenvalue weighted by atomic mass is 35.5. The predicted molar refractivity (Wildman–Crippen MR) is 96.5 cm³/mol. The van der Waals surface area contributed by atoms with Crippen molar-refractivity contribution in [1.29, 1.82) is 5.26 Å². The fourth-order valence-corrected chi connectivity index (χ4v) is 2.80. The van der Waals surface area contributed by atoms with Crippen molar-refractivity contribution in [2.24, 2.45) is 5.41 Å². The minimum Gasteiger partial charge on any atom is -0.324 e. The second kappa shape index (κ2) is 6.75. The third-order valence-electron chi connectivity index (χ3n) is 4.11. The number of rotatable bonds is 4. The summed E-state index contributed by atoms with van der Waals surface area (Å²) >= 11 is 12.0. The monoisotopic (exact) mass is 373 g/mol. The van der Waals surface area contributed by atoms with Crippen molar-refractivity contribution in [2.45, 2.75) is 12.8 Å². The van der Waals surface area contributed by atoms with E-state index in [9.17, 15) is 9.59 Å². The molecule has 0 radical (unpaired) electrons. The molecule has 3 rings (SSSR count). The van der Waals surface area contributed by atoms with E-state index >= 15 is 0 Å². The van der Waals surface area contributed by atoms with Crippen LogP contribution in [0.25, 0.3) is 0 Å². The van der Waals surface area contributed by atoms with Gasteiger partial charge in [-0.05, 0) is 37.1 Å². The molecule has 1 aliphatic carbocycles. The molecule has 126 valence electrons. The number of hydrogen-bond acceptors (Lipinski definition) is 3. The lowest BCUT2D eigenvalue weighted by molar-refractivity contribution is -0.131. The van der Waals surface area contributed by atoms with Gasteiger partial charge in [0.1, 0.15) is 11.5 Å².